The molecule has 8 heteroatoms. The van der Waals surface area contributed by atoms with Crippen molar-refractivity contribution in [2.75, 3.05) is 12.0 Å². The Balaban J connectivity index is 1.66. The second-order valence-electron chi connectivity index (χ2n) is 9.44. The Labute approximate surface area is 238 Å². The van der Waals surface area contributed by atoms with Crippen molar-refractivity contribution in [2.45, 2.75) is 39.0 Å². The molecule has 4 aromatic rings. The van der Waals surface area contributed by atoms with Crippen molar-refractivity contribution in [2.24, 2.45) is 0 Å². The van der Waals surface area contributed by atoms with Gasteiger partial charge in [0, 0.05) is 36.3 Å². The molecule has 0 saturated carbocycles. The third-order valence-electron chi connectivity index (χ3n) is 6.50. The number of rotatable bonds is 13. The summed E-state index contributed by atoms with van der Waals surface area (Å²) in [5, 5.41) is 12.4. The highest BCUT2D eigenvalue weighted by Crippen LogP contribution is 2.29. The minimum absolute atomic E-state index is 0.367. The van der Waals surface area contributed by atoms with Crippen molar-refractivity contribution >= 4 is 35.0 Å². The number of hydrogen-bond donors (Lipinski definition) is 2. The molecule has 0 bridgehead atoms. The van der Waals surface area contributed by atoms with Crippen molar-refractivity contribution in [1.82, 2.24) is 15.2 Å². The molecule has 0 aliphatic rings. The maximum absolute atomic E-state index is 13.4. The number of thiazole rings is 1. The van der Waals surface area contributed by atoms with E-state index in [1.807, 2.05) is 79.5 Å². The van der Waals surface area contributed by atoms with E-state index in [0.717, 1.165) is 35.3 Å². The van der Waals surface area contributed by atoms with Crippen molar-refractivity contribution in [3.8, 4) is 11.1 Å². The van der Waals surface area contributed by atoms with Gasteiger partial charge in [0.25, 0.3) is 5.91 Å². The molecule has 202 valence electrons. The third-order valence-corrected chi connectivity index (χ3v) is 7.90. The van der Waals surface area contributed by atoms with Gasteiger partial charge in [-0.1, -0.05) is 60.7 Å². The SMILES string of the molecule is CSCCC(NC(=O)c1ccc(CN(Cc2ccccc2)Cc2cncs2)cc1-c1ccccc1C)C(=O)O. The van der Waals surface area contributed by atoms with Crippen LogP contribution >= 0.6 is 23.1 Å². The number of carbonyl (C=O) groups excluding carboxylic acids is 1. The lowest BCUT2D eigenvalue weighted by Crippen LogP contribution is -2.41. The van der Waals surface area contributed by atoms with Crippen LogP contribution in [0, 0.1) is 6.92 Å². The number of carboxylic acid groups (broad SMARTS) is 1. The number of carbonyl (C=O) groups is 2. The molecule has 1 atom stereocenters. The van der Waals surface area contributed by atoms with Crippen LogP contribution in [-0.4, -0.2) is 44.9 Å². The van der Waals surface area contributed by atoms with E-state index in [2.05, 4.69) is 33.4 Å². The number of aromatic nitrogens is 1. The fraction of sp³-hybridized carbons (Fsp3) is 0.258. The summed E-state index contributed by atoms with van der Waals surface area (Å²) in [4.78, 5) is 33.0. The van der Waals surface area contributed by atoms with Crippen LogP contribution in [0.4, 0.5) is 0 Å². The quantitative estimate of drug-likeness (QED) is 0.201. The topological polar surface area (TPSA) is 82.5 Å². The van der Waals surface area contributed by atoms with Gasteiger partial charge in [0.05, 0.1) is 5.51 Å². The van der Waals surface area contributed by atoms with E-state index in [4.69, 9.17) is 0 Å². The zero-order valence-electron chi connectivity index (χ0n) is 22.2. The molecule has 3 aromatic carbocycles. The first kappa shape index (κ1) is 28.5. The molecule has 0 radical (unpaired) electrons. The summed E-state index contributed by atoms with van der Waals surface area (Å²) in [7, 11) is 0. The monoisotopic (exact) mass is 559 g/mol. The maximum atomic E-state index is 13.4. The van der Waals surface area contributed by atoms with Crippen LogP contribution in [0.15, 0.2) is 84.5 Å². The molecule has 6 nitrogen and oxygen atoms in total. The van der Waals surface area contributed by atoms with E-state index in [1.54, 1.807) is 23.1 Å². The Kier molecular flexibility index (Phi) is 10.3. The summed E-state index contributed by atoms with van der Waals surface area (Å²) in [6, 6.07) is 23.3. The Hall–Kier alpha value is -3.46. The summed E-state index contributed by atoms with van der Waals surface area (Å²) in [6.07, 6.45) is 4.20. The molecule has 4 rings (SSSR count). The molecule has 0 spiro atoms. The third kappa shape index (κ3) is 8.02. The minimum Gasteiger partial charge on any atom is -0.480 e. The summed E-state index contributed by atoms with van der Waals surface area (Å²) in [6.45, 7) is 4.24. The van der Waals surface area contributed by atoms with Gasteiger partial charge in [-0.3, -0.25) is 14.7 Å². The first-order valence-electron chi connectivity index (χ1n) is 12.8. The molecule has 2 N–H and O–H groups in total. The number of aryl methyl sites for hydroxylation is 1. The Morgan fingerprint density at radius 1 is 0.974 bits per heavy atom. The van der Waals surface area contributed by atoms with Crippen molar-refractivity contribution in [1.29, 1.82) is 0 Å². The molecule has 0 aliphatic heterocycles. The molecular formula is C31H33N3O3S2. The lowest BCUT2D eigenvalue weighted by Gasteiger charge is -2.23. The van der Waals surface area contributed by atoms with E-state index in [0.29, 0.717) is 24.3 Å². The average molecular weight is 560 g/mol. The van der Waals surface area contributed by atoms with Gasteiger partial charge >= 0.3 is 5.97 Å². The zero-order valence-corrected chi connectivity index (χ0v) is 23.8. The lowest BCUT2D eigenvalue weighted by molar-refractivity contribution is -0.139. The number of hydrogen-bond acceptors (Lipinski definition) is 6. The van der Waals surface area contributed by atoms with Crippen molar-refractivity contribution < 1.29 is 14.7 Å². The minimum atomic E-state index is -1.02. The second kappa shape index (κ2) is 14.1. The zero-order chi connectivity index (χ0) is 27.6. The molecule has 1 amide bonds. The summed E-state index contributed by atoms with van der Waals surface area (Å²) < 4.78 is 0. The predicted molar refractivity (Wildman–Crippen MR) is 160 cm³/mol. The van der Waals surface area contributed by atoms with Crippen LogP contribution in [0.25, 0.3) is 11.1 Å². The number of nitrogens with one attached hydrogen (secondary N) is 1. The van der Waals surface area contributed by atoms with Crippen LogP contribution in [0.3, 0.4) is 0 Å². The molecule has 1 heterocycles. The van der Waals surface area contributed by atoms with Gasteiger partial charge in [-0.2, -0.15) is 11.8 Å². The number of carboxylic acids is 1. The Morgan fingerprint density at radius 2 is 1.72 bits per heavy atom. The molecule has 0 aliphatic carbocycles. The van der Waals surface area contributed by atoms with Crippen LogP contribution in [-0.2, 0) is 24.4 Å². The lowest BCUT2D eigenvalue weighted by atomic mass is 9.93. The Morgan fingerprint density at radius 3 is 2.41 bits per heavy atom. The summed E-state index contributed by atoms with van der Waals surface area (Å²) in [5.41, 5.74) is 7.42. The number of benzene rings is 3. The van der Waals surface area contributed by atoms with Crippen LogP contribution in [0.1, 0.15) is 38.3 Å². The van der Waals surface area contributed by atoms with E-state index >= 15 is 0 Å². The number of thioether (sulfide) groups is 1. The van der Waals surface area contributed by atoms with Gasteiger partial charge < -0.3 is 10.4 Å². The van der Waals surface area contributed by atoms with Gasteiger partial charge in [0.2, 0.25) is 0 Å². The van der Waals surface area contributed by atoms with E-state index in [1.165, 1.54) is 10.4 Å². The van der Waals surface area contributed by atoms with Gasteiger partial charge in [-0.05, 0) is 65.3 Å². The second-order valence-corrected chi connectivity index (χ2v) is 11.4. The molecule has 0 fully saturated rings. The molecule has 39 heavy (non-hydrogen) atoms. The van der Waals surface area contributed by atoms with Crippen LogP contribution < -0.4 is 5.32 Å². The maximum Gasteiger partial charge on any atom is 0.326 e. The normalized spacial score (nSPS) is 11.9. The Bertz CT molecular complexity index is 1380. The van der Waals surface area contributed by atoms with Crippen molar-refractivity contribution in [3.05, 3.63) is 112 Å². The highest BCUT2D eigenvalue weighted by atomic mass is 32.2. The van der Waals surface area contributed by atoms with Crippen molar-refractivity contribution in [3.63, 3.8) is 0 Å². The fourth-order valence-electron chi connectivity index (χ4n) is 4.52. The number of aliphatic carboxylic acids is 1. The summed E-state index contributed by atoms with van der Waals surface area (Å²) in [5.74, 6) is -0.747. The molecule has 1 unspecified atom stereocenters. The van der Waals surface area contributed by atoms with E-state index in [9.17, 15) is 14.7 Å². The van der Waals surface area contributed by atoms with Crippen LogP contribution in [0.2, 0.25) is 0 Å². The largest absolute Gasteiger partial charge is 0.480 e. The van der Waals surface area contributed by atoms with E-state index in [-0.39, 0.29) is 5.91 Å². The van der Waals surface area contributed by atoms with Gasteiger partial charge in [-0.25, -0.2) is 4.79 Å². The average Bonchev–Trinajstić information content (AvgIpc) is 3.44. The number of amides is 1. The molecule has 0 saturated heterocycles. The highest BCUT2D eigenvalue weighted by Gasteiger charge is 2.23. The summed E-state index contributed by atoms with van der Waals surface area (Å²) >= 11 is 3.20. The molecule has 1 aromatic heterocycles. The fourth-order valence-corrected chi connectivity index (χ4v) is 5.63. The predicted octanol–water partition coefficient (Wildman–Crippen LogP) is 6.26. The van der Waals surface area contributed by atoms with E-state index < -0.39 is 12.0 Å². The van der Waals surface area contributed by atoms with Gasteiger partial charge in [0.15, 0.2) is 0 Å². The number of nitrogens with zero attached hydrogens (tertiary/aromatic N) is 2. The molecular weight excluding hydrogens is 526 g/mol. The van der Waals surface area contributed by atoms with Crippen LogP contribution in [0.5, 0.6) is 0 Å². The smallest absolute Gasteiger partial charge is 0.326 e. The first-order chi connectivity index (χ1) is 18.9. The van der Waals surface area contributed by atoms with Gasteiger partial charge in [-0.15, -0.1) is 11.3 Å². The highest BCUT2D eigenvalue weighted by molar-refractivity contribution is 7.98. The van der Waals surface area contributed by atoms with Gasteiger partial charge in [0.1, 0.15) is 6.04 Å². The first-order valence-corrected chi connectivity index (χ1v) is 15.1. The standard InChI is InChI=1S/C31H33N3O3S2/c1-22-8-6-7-11-26(22)28-16-24(12-13-27(28)30(35)33-29(31(36)37)14-15-38-2)19-34(20-25-17-32-21-39-25)18-23-9-4-3-5-10-23/h3-13,16-17,21,29H,14-15,18-20H2,1-2H3,(H,33,35)(H,36,37).